The molecule has 0 saturated carbocycles. The zero-order valence-corrected chi connectivity index (χ0v) is 11.4. The summed E-state index contributed by atoms with van der Waals surface area (Å²) in [5.74, 6) is -0.0180. The van der Waals surface area contributed by atoms with E-state index in [1.807, 2.05) is 12.1 Å². The maximum atomic E-state index is 12.4. The van der Waals surface area contributed by atoms with Crippen molar-refractivity contribution in [2.75, 3.05) is 0 Å². The normalized spacial score (nSPS) is 13.8. The van der Waals surface area contributed by atoms with Crippen LogP contribution >= 0.6 is 11.3 Å². The molecule has 0 aliphatic rings. The molecule has 0 radical (unpaired) electrons. The van der Waals surface area contributed by atoms with Crippen LogP contribution in [0.15, 0.2) is 42.5 Å². The van der Waals surface area contributed by atoms with Crippen molar-refractivity contribution in [1.29, 1.82) is 0 Å². The molecule has 0 fully saturated rings. The molecular weight excluding hydrogens is 309 g/mol. The number of rotatable bonds is 2. The highest BCUT2D eigenvalue weighted by atomic mass is 32.2. The van der Waals surface area contributed by atoms with Gasteiger partial charge in [0.15, 0.2) is 0 Å². The van der Waals surface area contributed by atoms with Crippen molar-refractivity contribution >= 4 is 42.6 Å². The first-order valence-corrected chi connectivity index (χ1v) is 7.43. The van der Waals surface area contributed by atoms with Gasteiger partial charge in [0, 0.05) is 20.2 Å². The molecule has 0 saturated heterocycles. The van der Waals surface area contributed by atoms with Gasteiger partial charge in [0.1, 0.15) is 5.75 Å². The first kappa shape index (κ1) is 13.4. The molecule has 1 atom stereocenters. The van der Waals surface area contributed by atoms with E-state index in [0.717, 1.165) is 14.8 Å². The summed E-state index contributed by atoms with van der Waals surface area (Å²) in [5.41, 5.74) is -4.89. The van der Waals surface area contributed by atoms with Crippen LogP contribution in [0, 0.1) is 0 Å². The third-order valence-electron chi connectivity index (χ3n) is 2.72. The molecule has 7 heteroatoms. The minimum Gasteiger partial charge on any atom is -0.393 e. The van der Waals surface area contributed by atoms with Crippen LogP contribution in [0.3, 0.4) is 0 Å². The second-order valence-corrected chi connectivity index (χ2v) is 6.17. The fourth-order valence-corrected chi connectivity index (χ4v) is 3.46. The van der Waals surface area contributed by atoms with Crippen molar-refractivity contribution in [2.24, 2.45) is 0 Å². The van der Waals surface area contributed by atoms with Crippen LogP contribution in [0.1, 0.15) is 0 Å². The van der Waals surface area contributed by atoms with Gasteiger partial charge in [-0.1, -0.05) is 24.3 Å². The van der Waals surface area contributed by atoms with E-state index in [-0.39, 0.29) is 5.75 Å². The highest BCUT2D eigenvalue weighted by molar-refractivity contribution is 7.81. The van der Waals surface area contributed by atoms with Gasteiger partial charge in [0.2, 0.25) is 0 Å². The second-order valence-electron chi connectivity index (χ2n) is 3.99. The molecule has 20 heavy (non-hydrogen) atoms. The van der Waals surface area contributed by atoms with Crippen LogP contribution in [0.2, 0.25) is 0 Å². The highest BCUT2D eigenvalue weighted by Crippen LogP contribution is 2.40. The lowest BCUT2D eigenvalue weighted by Gasteiger charge is -2.08. The lowest BCUT2D eigenvalue weighted by molar-refractivity contribution is -0.0437. The summed E-state index contributed by atoms with van der Waals surface area (Å²) in [6, 6.07) is 12.1. The first-order chi connectivity index (χ1) is 9.47. The fourth-order valence-electron chi connectivity index (χ4n) is 1.94. The molecule has 0 aliphatic heterocycles. The van der Waals surface area contributed by atoms with Crippen LogP contribution in [0.4, 0.5) is 13.2 Å². The smallest absolute Gasteiger partial charge is 0.393 e. The Labute approximate surface area is 118 Å². The van der Waals surface area contributed by atoms with Crippen LogP contribution in [-0.2, 0) is 11.1 Å². The second kappa shape index (κ2) is 4.75. The monoisotopic (exact) mass is 316 g/mol. The van der Waals surface area contributed by atoms with Gasteiger partial charge < -0.3 is 4.18 Å². The van der Waals surface area contributed by atoms with Gasteiger partial charge in [-0.15, -0.1) is 11.3 Å². The summed E-state index contributed by atoms with van der Waals surface area (Å²) in [7, 11) is 0. The van der Waals surface area contributed by atoms with Gasteiger partial charge in [-0.3, -0.25) is 0 Å². The molecule has 104 valence electrons. The van der Waals surface area contributed by atoms with Crippen LogP contribution in [0.25, 0.3) is 20.2 Å². The summed E-state index contributed by atoms with van der Waals surface area (Å²) in [6.45, 7) is 0. The van der Waals surface area contributed by atoms with Crippen molar-refractivity contribution < 1.29 is 21.6 Å². The number of fused-ring (bicyclic) bond motifs is 3. The summed E-state index contributed by atoms with van der Waals surface area (Å²) in [4.78, 5) is 0. The van der Waals surface area contributed by atoms with Crippen LogP contribution < -0.4 is 4.18 Å². The Hall–Kier alpha value is -1.60. The third kappa shape index (κ3) is 2.27. The average Bonchev–Trinajstić information content (AvgIpc) is 2.76. The zero-order chi connectivity index (χ0) is 14.3. The van der Waals surface area contributed by atoms with Crippen molar-refractivity contribution in [3.63, 3.8) is 0 Å². The van der Waals surface area contributed by atoms with E-state index in [2.05, 4.69) is 4.18 Å². The number of hydrogen-bond donors (Lipinski definition) is 0. The van der Waals surface area contributed by atoms with Gasteiger partial charge in [-0.2, -0.15) is 13.2 Å². The van der Waals surface area contributed by atoms with Crippen molar-refractivity contribution in [3.05, 3.63) is 42.5 Å². The quantitative estimate of drug-likeness (QED) is 0.690. The molecule has 1 aromatic heterocycles. The number of thiophene rings is 1. The molecule has 2 nitrogen and oxygen atoms in total. The molecule has 0 bridgehead atoms. The van der Waals surface area contributed by atoms with Crippen molar-refractivity contribution in [2.45, 2.75) is 5.51 Å². The average molecular weight is 316 g/mol. The molecule has 1 unspecified atom stereocenters. The Morgan fingerprint density at radius 2 is 1.70 bits per heavy atom. The van der Waals surface area contributed by atoms with Crippen LogP contribution in [0.5, 0.6) is 5.75 Å². The van der Waals surface area contributed by atoms with Crippen molar-refractivity contribution in [3.8, 4) is 5.75 Å². The summed E-state index contributed by atoms with van der Waals surface area (Å²) in [6.07, 6.45) is 0. The third-order valence-corrected chi connectivity index (χ3v) is 4.56. The van der Waals surface area contributed by atoms with Gasteiger partial charge >= 0.3 is 16.6 Å². The minimum atomic E-state index is -4.89. The molecular formula is C13H7F3O2S2. The molecule has 0 N–H and O–H groups in total. The first-order valence-electron chi connectivity index (χ1n) is 5.54. The fraction of sp³-hybridized carbons (Fsp3) is 0.0769. The minimum absolute atomic E-state index is 0.0180. The number of alkyl halides is 3. The predicted octanol–water partition coefficient (Wildman–Crippen LogP) is 4.62. The van der Waals surface area contributed by atoms with E-state index >= 15 is 0 Å². The van der Waals surface area contributed by atoms with Gasteiger partial charge in [-0.05, 0) is 18.2 Å². The lowest BCUT2D eigenvalue weighted by Crippen LogP contribution is -2.20. The molecule has 0 amide bonds. The summed E-state index contributed by atoms with van der Waals surface area (Å²) >= 11 is -1.92. The largest absolute Gasteiger partial charge is 0.508 e. The Balaban J connectivity index is 2.18. The zero-order valence-electron chi connectivity index (χ0n) is 9.81. The van der Waals surface area contributed by atoms with E-state index in [9.17, 15) is 17.4 Å². The van der Waals surface area contributed by atoms with Gasteiger partial charge in [0.25, 0.3) is 0 Å². The molecule has 0 spiro atoms. The van der Waals surface area contributed by atoms with Crippen LogP contribution in [-0.4, -0.2) is 9.72 Å². The molecule has 1 heterocycles. The molecule has 2 aromatic carbocycles. The summed E-state index contributed by atoms with van der Waals surface area (Å²) in [5, 5.41) is 1.35. The topological polar surface area (TPSA) is 26.3 Å². The van der Waals surface area contributed by atoms with E-state index in [1.54, 1.807) is 24.3 Å². The molecule has 3 aromatic rings. The standard InChI is InChI=1S/C13H7F3O2S2/c14-13(15,16)20(17)18-9-5-3-7-11-12(9)8-4-1-2-6-10(8)19-11/h1-7H. The Bertz CT molecular complexity index is 808. The summed E-state index contributed by atoms with van der Waals surface area (Å²) < 4.78 is 54.5. The molecule has 3 rings (SSSR count). The van der Waals surface area contributed by atoms with Crippen molar-refractivity contribution in [1.82, 2.24) is 0 Å². The van der Waals surface area contributed by atoms with Gasteiger partial charge in [0.05, 0.1) is 0 Å². The maximum absolute atomic E-state index is 12.4. The SMILES string of the molecule is O=S(Oc1cccc2sc3ccccc3c12)C(F)(F)F. The van der Waals surface area contributed by atoms with E-state index in [1.165, 1.54) is 17.4 Å². The van der Waals surface area contributed by atoms with E-state index < -0.39 is 16.6 Å². The number of hydrogen-bond acceptors (Lipinski definition) is 3. The Morgan fingerprint density at radius 1 is 1.00 bits per heavy atom. The lowest BCUT2D eigenvalue weighted by atomic mass is 10.1. The van der Waals surface area contributed by atoms with E-state index in [4.69, 9.17) is 0 Å². The van der Waals surface area contributed by atoms with Gasteiger partial charge in [-0.25, -0.2) is 4.21 Å². The highest BCUT2D eigenvalue weighted by Gasteiger charge is 2.40. The molecule has 0 aliphatic carbocycles. The predicted molar refractivity (Wildman–Crippen MR) is 74.2 cm³/mol. The number of benzene rings is 2. The number of halogens is 3. The Kier molecular flexibility index (Phi) is 3.18. The Morgan fingerprint density at radius 3 is 2.45 bits per heavy atom. The van der Waals surface area contributed by atoms with E-state index in [0.29, 0.717) is 5.39 Å². The maximum Gasteiger partial charge on any atom is 0.508 e.